The summed E-state index contributed by atoms with van der Waals surface area (Å²) in [6.07, 6.45) is 0. The van der Waals surface area contributed by atoms with Gasteiger partial charge in [0.25, 0.3) is 0 Å². The van der Waals surface area contributed by atoms with E-state index >= 15 is 0 Å². The number of methoxy groups -OCH3 is 1. The average Bonchev–Trinajstić information content (AvgIpc) is 2.72. The monoisotopic (exact) mass is 355 g/mol. The van der Waals surface area contributed by atoms with Crippen LogP contribution in [0.15, 0.2) is 15.9 Å². The van der Waals surface area contributed by atoms with Crippen LogP contribution in [-0.4, -0.2) is 38.1 Å². The molecule has 0 radical (unpaired) electrons. The molecule has 0 aromatic carbocycles. The van der Waals surface area contributed by atoms with Crippen molar-refractivity contribution in [2.75, 3.05) is 14.2 Å². The number of esters is 1. The summed E-state index contributed by atoms with van der Waals surface area (Å²) in [6, 6.07) is 1.85. The second-order valence-electron chi connectivity index (χ2n) is 3.70. The second kappa shape index (κ2) is 6.14. The van der Waals surface area contributed by atoms with E-state index in [9.17, 15) is 13.2 Å². The third kappa shape index (κ3) is 3.53. The van der Waals surface area contributed by atoms with Crippen molar-refractivity contribution in [1.29, 1.82) is 0 Å². The summed E-state index contributed by atoms with van der Waals surface area (Å²) in [5.41, 5.74) is 0. The molecule has 1 atom stereocenters. The van der Waals surface area contributed by atoms with E-state index in [1.165, 1.54) is 32.4 Å². The van der Waals surface area contributed by atoms with Crippen molar-refractivity contribution in [1.82, 2.24) is 4.31 Å². The second-order valence-corrected chi connectivity index (χ2v) is 7.97. The molecule has 1 aromatic rings. The average molecular weight is 356 g/mol. The fourth-order valence-electron chi connectivity index (χ4n) is 1.30. The van der Waals surface area contributed by atoms with Crippen molar-refractivity contribution in [3.8, 4) is 0 Å². The van der Waals surface area contributed by atoms with Crippen LogP contribution in [-0.2, 0) is 26.1 Å². The molecule has 1 unspecified atom stereocenters. The van der Waals surface area contributed by atoms with Crippen LogP contribution < -0.4 is 0 Å². The molecule has 0 N–H and O–H groups in total. The van der Waals surface area contributed by atoms with Gasteiger partial charge in [0.1, 0.15) is 0 Å². The van der Waals surface area contributed by atoms with Crippen LogP contribution >= 0.6 is 27.3 Å². The number of carbonyl (C=O) groups is 1. The SMILES string of the molecule is COC(=O)C(C)S(=O)(=O)N(C)Cc1cc(Br)cs1. The molecule has 18 heavy (non-hydrogen) atoms. The van der Waals surface area contributed by atoms with Crippen molar-refractivity contribution < 1.29 is 17.9 Å². The lowest BCUT2D eigenvalue weighted by Gasteiger charge is -2.19. The highest BCUT2D eigenvalue weighted by atomic mass is 79.9. The van der Waals surface area contributed by atoms with Gasteiger partial charge in [0.2, 0.25) is 10.0 Å². The van der Waals surface area contributed by atoms with Crippen molar-refractivity contribution in [3.63, 3.8) is 0 Å². The molecule has 0 spiro atoms. The van der Waals surface area contributed by atoms with Gasteiger partial charge in [-0.2, -0.15) is 4.31 Å². The summed E-state index contributed by atoms with van der Waals surface area (Å²) in [5.74, 6) is -0.755. The Morgan fingerprint density at radius 2 is 2.22 bits per heavy atom. The molecule has 5 nitrogen and oxygen atoms in total. The Morgan fingerprint density at radius 1 is 1.61 bits per heavy atom. The molecular formula is C10H14BrNO4S2. The lowest BCUT2D eigenvalue weighted by molar-refractivity contribution is -0.139. The van der Waals surface area contributed by atoms with Crippen LogP contribution in [0.25, 0.3) is 0 Å². The first-order valence-corrected chi connectivity index (χ1v) is 8.22. The largest absolute Gasteiger partial charge is 0.468 e. The zero-order valence-electron chi connectivity index (χ0n) is 10.2. The highest BCUT2D eigenvalue weighted by molar-refractivity contribution is 9.10. The van der Waals surface area contributed by atoms with Crippen LogP contribution in [0.2, 0.25) is 0 Å². The minimum Gasteiger partial charge on any atom is -0.468 e. The van der Waals surface area contributed by atoms with E-state index in [4.69, 9.17) is 0 Å². The van der Waals surface area contributed by atoms with Gasteiger partial charge in [0.05, 0.1) is 7.11 Å². The molecule has 0 fully saturated rings. The summed E-state index contributed by atoms with van der Waals surface area (Å²) >= 11 is 4.75. The van der Waals surface area contributed by atoms with Gasteiger partial charge in [-0.3, -0.25) is 4.79 Å². The lowest BCUT2D eigenvalue weighted by atomic mass is 10.5. The number of halogens is 1. The van der Waals surface area contributed by atoms with Crippen LogP contribution in [0.3, 0.4) is 0 Å². The van der Waals surface area contributed by atoms with E-state index in [0.29, 0.717) is 0 Å². The van der Waals surface area contributed by atoms with E-state index in [1.54, 1.807) is 0 Å². The van der Waals surface area contributed by atoms with E-state index < -0.39 is 21.2 Å². The molecule has 0 aliphatic carbocycles. The number of rotatable bonds is 5. The Balaban J connectivity index is 2.82. The number of sulfonamides is 1. The zero-order valence-corrected chi connectivity index (χ0v) is 13.4. The van der Waals surface area contributed by atoms with Crippen molar-refractivity contribution in [2.45, 2.75) is 18.7 Å². The molecule has 1 aromatic heterocycles. The molecular weight excluding hydrogens is 342 g/mol. The highest BCUT2D eigenvalue weighted by Gasteiger charge is 2.32. The van der Waals surface area contributed by atoms with Gasteiger partial charge in [-0.15, -0.1) is 11.3 Å². The van der Waals surface area contributed by atoms with Crippen molar-refractivity contribution in [3.05, 3.63) is 20.8 Å². The molecule has 0 bridgehead atoms. The van der Waals surface area contributed by atoms with E-state index in [2.05, 4.69) is 20.7 Å². The normalized spacial score (nSPS) is 13.6. The molecule has 0 saturated heterocycles. The molecule has 0 saturated carbocycles. The van der Waals surface area contributed by atoms with E-state index in [0.717, 1.165) is 13.7 Å². The first-order valence-electron chi connectivity index (χ1n) is 5.05. The van der Waals surface area contributed by atoms with Gasteiger partial charge in [-0.1, -0.05) is 0 Å². The predicted octanol–water partition coefficient (Wildman–Crippen LogP) is 1.83. The fourth-order valence-corrected chi connectivity index (χ4v) is 4.09. The maximum Gasteiger partial charge on any atom is 0.325 e. The summed E-state index contributed by atoms with van der Waals surface area (Å²) in [7, 11) is -1.07. The van der Waals surface area contributed by atoms with Crippen molar-refractivity contribution in [2.24, 2.45) is 0 Å². The number of thiophene rings is 1. The molecule has 1 rings (SSSR count). The number of hydrogen-bond donors (Lipinski definition) is 0. The summed E-state index contributed by atoms with van der Waals surface area (Å²) in [5, 5.41) is 0.676. The molecule has 1 heterocycles. The summed E-state index contributed by atoms with van der Waals surface area (Å²) in [4.78, 5) is 12.2. The molecule has 0 aliphatic rings. The number of carbonyl (C=O) groups excluding carboxylic acids is 1. The first-order chi connectivity index (χ1) is 8.28. The van der Waals surface area contributed by atoms with Gasteiger partial charge in [-0.05, 0) is 28.9 Å². The van der Waals surface area contributed by atoms with E-state index in [-0.39, 0.29) is 6.54 Å². The quantitative estimate of drug-likeness (QED) is 0.756. The molecule has 0 amide bonds. The number of ether oxygens (including phenoxy) is 1. The number of hydrogen-bond acceptors (Lipinski definition) is 5. The lowest BCUT2D eigenvalue weighted by Crippen LogP contribution is -2.39. The van der Waals surface area contributed by atoms with Gasteiger partial charge >= 0.3 is 5.97 Å². The maximum absolute atomic E-state index is 12.1. The zero-order chi connectivity index (χ0) is 13.9. The van der Waals surface area contributed by atoms with Gasteiger partial charge < -0.3 is 4.74 Å². The minimum atomic E-state index is -3.69. The topological polar surface area (TPSA) is 63.7 Å². The summed E-state index contributed by atoms with van der Waals surface area (Å²) in [6.45, 7) is 1.56. The predicted molar refractivity (Wildman–Crippen MR) is 73.9 cm³/mol. The van der Waals surface area contributed by atoms with Crippen LogP contribution in [0, 0.1) is 0 Å². The Bertz CT molecular complexity index is 526. The van der Waals surface area contributed by atoms with Crippen molar-refractivity contribution >= 4 is 43.3 Å². The third-order valence-electron chi connectivity index (χ3n) is 2.41. The Hall–Kier alpha value is -0.440. The van der Waals surface area contributed by atoms with Crippen LogP contribution in [0.4, 0.5) is 0 Å². The fraction of sp³-hybridized carbons (Fsp3) is 0.500. The van der Waals surface area contributed by atoms with Crippen LogP contribution in [0.5, 0.6) is 0 Å². The third-order valence-corrected chi connectivity index (χ3v) is 6.18. The Kier molecular flexibility index (Phi) is 5.32. The molecule has 0 aliphatic heterocycles. The maximum atomic E-state index is 12.1. The standard InChI is InChI=1S/C10H14BrNO4S2/c1-7(10(13)16-3)18(14,15)12(2)5-9-4-8(11)6-17-9/h4,6-7H,5H2,1-3H3. The van der Waals surface area contributed by atoms with E-state index in [1.807, 2.05) is 11.4 Å². The smallest absolute Gasteiger partial charge is 0.325 e. The molecule has 102 valence electrons. The minimum absolute atomic E-state index is 0.236. The van der Waals surface area contributed by atoms with Gasteiger partial charge in [0, 0.05) is 28.3 Å². The number of nitrogens with zero attached hydrogens (tertiary/aromatic N) is 1. The summed E-state index contributed by atoms with van der Waals surface area (Å²) < 4.78 is 30.6. The molecule has 8 heteroatoms. The Morgan fingerprint density at radius 3 is 2.67 bits per heavy atom. The van der Waals surface area contributed by atoms with Crippen LogP contribution in [0.1, 0.15) is 11.8 Å². The highest BCUT2D eigenvalue weighted by Crippen LogP contribution is 2.22. The first kappa shape index (κ1) is 15.6. The van der Waals surface area contributed by atoms with Gasteiger partial charge in [-0.25, -0.2) is 8.42 Å². The Labute approximate surface area is 119 Å². The van der Waals surface area contributed by atoms with Gasteiger partial charge in [0.15, 0.2) is 5.25 Å².